The van der Waals surface area contributed by atoms with E-state index in [0.29, 0.717) is 21.1 Å². The summed E-state index contributed by atoms with van der Waals surface area (Å²) < 4.78 is 37.7. The normalized spacial score (nSPS) is 11.9. The van der Waals surface area contributed by atoms with Gasteiger partial charge in [0.2, 0.25) is 0 Å². The van der Waals surface area contributed by atoms with Crippen molar-refractivity contribution in [2.75, 3.05) is 14.1 Å². The number of carbonyl (C=O) groups excluding carboxylic acids is 1. The molecule has 1 aromatic carbocycles. The van der Waals surface area contributed by atoms with Crippen LogP contribution in [0.5, 0.6) is 0 Å². The number of halogens is 3. The van der Waals surface area contributed by atoms with Crippen LogP contribution in [0.2, 0.25) is 0 Å². The van der Waals surface area contributed by atoms with Crippen molar-refractivity contribution in [1.29, 1.82) is 0 Å². The largest absolute Gasteiger partial charge is 0.416 e. The summed E-state index contributed by atoms with van der Waals surface area (Å²) in [7, 11) is 3.61. The van der Waals surface area contributed by atoms with Crippen molar-refractivity contribution in [3.05, 3.63) is 52.7 Å². The standard InChI is InChI=1S/C16H15F3N2OS/c1-10-14(13(22)8-9-21(2)3)23-15(20-10)11-4-6-12(7-5-11)16(17,18)19/h4-9H,1-3H3. The number of nitrogens with zero attached hydrogens (tertiary/aromatic N) is 2. The van der Waals surface area contributed by atoms with Crippen LogP contribution in [0.3, 0.4) is 0 Å². The fraction of sp³-hybridized carbons (Fsp3) is 0.250. The number of thiazole rings is 1. The summed E-state index contributed by atoms with van der Waals surface area (Å²) in [5.74, 6) is -0.174. The zero-order valence-corrected chi connectivity index (χ0v) is 13.6. The van der Waals surface area contributed by atoms with Gasteiger partial charge in [-0.2, -0.15) is 13.2 Å². The first-order valence-corrected chi connectivity index (χ1v) is 7.54. The van der Waals surface area contributed by atoms with Gasteiger partial charge in [-0.25, -0.2) is 4.98 Å². The molecule has 0 N–H and O–H groups in total. The number of alkyl halides is 3. The Kier molecular flexibility index (Phi) is 4.89. The summed E-state index contributed by atoms with van der Waals surface area (Å²) in [6, 6.07) is 4.76. The van der Waals surface area contributed by atoms with Gasteiger partial charge < -0.3 is 4.90 Å². The first-order chi connectivity index (χ1) is 10.7. The van der Waals surface area contributed by atoms with E-state index in [0.717, 1.165) is 12.1 Å². The molecule has 0 radical (unpaired) electrons. The Bertz CT molecular complexity index is 731. The molecule has 0 atom stereocenters. The molecule has 122 valence electrons. The number of hydrogen-bond acceptors (Lipinski definition) is 4. The summed E-state index contributed by atoms with van der Waals surface area (Å²) in [6.07, 6.45) is -1.29. The highest BCUT2D eigenvalue weighted by molar-refractivity contribution is 7.17. The molecule has 23 heavy (non-hydrogen) atoms. The number of benzene rings is 1. The van der Waals surface area contributed by atoms with Gasteiger partial charge in [0.15, 0.2) is 5.78 Å². The third kappa shape index (κ3) is 4.19. The predicted octanol–water partition coefficient (Wildman–Crippen LogP) is 4.40. The van der Waals surface area contributed by atoms with Crippen molar-refractivity contribution in [3.8, 4) is 10.6 Å². The molecule has 0 unspecified atom stereocenters. The van der Waals surface area contributed by atoms with Crippen LogP contribution in [0.1, 0.15) is 20.9 Å². The van der Waals surface area contributed by atoms with Crippen LogP contribution < -0.4 is 0 Å². The van der Waals surface area contributed by atoms with Crippen LogP contribution >= 0.6 is 11.3 Å². The number of carbonyl (C=O) groups is 1. The molecule has 0 amide bonds. The van der Waals surface area contributed by atoms with E-state index in [1.165, 1.54) is 29.5 Å². The molecular weight excluding hydrogens is 325 g/mol. The van der Waals surface area contributed by atoms with Crippen molar-refractivity contribution in [2.24, 2.45) is 0 Å². The number of aromatic nitrogens is 1. The highest BCUT2D eigenvalue weighted by Crippen LogP contribution is 2.33. The Hall–Kier alpha value is -2.15. The molecule has 1 aromatic heterocycles. The minimum Gasteiger partial charge on any atom is -0.383 e. The highest BCUT2D eigenvalue weighted by atomic mass is 32.1. The van der Waals surface area contributed by atoms with Gasteiger partial charge in [0, 0.05) is 31.9 Å². The van der Waals surface area contributed by atoms with E-state index >= 15 is 0 Å². The van der Waals surface area contributed by atoms with E-state index in [1.54, 1.807) is 32.1 Å². The molecular formula is C16H15F3N2OS. The lowest BCUT2D eigenvalue weighted by Gasteiger charge is -2.06. The molecule has 0 saturated carbocycles. The Morgan fingerprint density at radius 2 is 1.83 bits per heavy atom. The second-order valence-corrected chi connectivity index (χ2v) is 6.15. The molecule has 1 heterocycles. The van der Waals surface area contributed by atoms with Crippen molar-refractivity contribution >= 4 is 17.1 Å². The molecule has 0 aliphatic heterocycles. The van der Waals surface area contributed by atoms with Crippen LogP contribution in [0.4, 0.5) is 13.2 Å². The van der Waals surface area contributed by atoms with Crippen LogP contribution in [0.15, 0.2) is 36.5 Å². The number of aryl methyl sites for hydroxylation is 1. The lowest BCUT2D eigenvalue weighted by molar-refractivity contribution is -0.137. The number of allylic oxidation sites excluding steroid dienone is 1. The molecule has 0 aliphatic carbocycles. The second-order valence-electron chi connectivity index (χ2n) is 5.15. The zero-order chi connectivity index (χ0) is 17.2. The average molecular weight is 340 g/mol. The molecule has 0 aliphatic rings. The highest BCUT2D eigenvalue weighted by Gasteiger charge is 2.30. The van der Waals surface area contributed by atoms with Gasteiger partial charge in [-0.3, -0.25) is 4.79 Å². The van der Waals surface area contributed by atoms with Crippen LogP contribution in [0, 0.1) is 6.92 Å². The maximum absolute atomic E-state index is 12.6. The maximum Gasteiger partial charge on any atom is 0.416 e. The van der Waals surface area contributed by atoms with E-state index < -0.39 is 11.7 Å². The van der Waals surface area contributed by atoms with E-state index in [9.17, 15) is 18.0 Å². The van der Waals surface area contributed by atoms with E-state index in [4.69, 9.17) is 0 Å². The van der Waals surface area contributed by atoms with Gasteiger partial charge >= 0.3 is 6.18 Å². The molecule has 2 rings (SSSR count). The van der Waals surface area contributed by atoms with Gasteiger partial charge in [-0.15, -0.1) is 11.3 Å². The van der Waals surface area contributed by atoms with Crippen LogP contribution in [-0.2, 0) is 6.18 Å². The molecule has 3 nitrogen and oxygen atoms in total. The SMILES string of the molecule is Cc1nc(-c2ccc(C(F)(F)F)cc2)sc1C(=O)C=CN(C)C. The summed E-state index contributed by atoms with van der Waals surface area (Å²) >= 11 is 1.17. The lowest BCUT2D eigenvalue weighted by Crippen LogP contribution is -2.03. The van der Waals surface area contributed by atoms with Crippen LogP contribution in [0.25, 0.3) is 10.6 Å². The number of rotatable bonds is 4. The summed E-state index contributed by atoms with van der Waals surface area (Å²) in [5.41, 5.74) is 0.416. The predicted molar refractivity (Wildman–Crippen MR) is 84.4 cm³/mol. The number of ketones is 1. The third-order valence-corrected chi connectivity index (χ3v) is 4.22. The Labute approximate surface area is 136 Å². The average Bonchev–Trinajstić information content (AvgIpc) is 2.86. The third-order valence-electron chi connectivity index (χ3n) is 3.00. The molecule has 0 spiro atoms. The Balaban J connectivity index is 2.29. The lowest BCUT2D eigenvalue weighted by atomic mass is 10.1. The smallest absolute Gasteiger partial charge is 0.383 e. The molecule has 0 saturated heterocycles. The fourth-order valence-electron chi connectivity index (χ4n) is 1.84. The van der Waals surface area contributed by atoms with Crippen molar-refractivity contribution < 1.29 is 18.0 Å². The van der Waals surface area contributed by atoms with E-state index in [-0.39, 0.29) is 5.78 Å². The van der Waals surface area contributed by atoms with Crippen molar-refractivity contribution in [1.82, 2.24) is 9.88 Å². The monoisotopic (exact) mass is 340 g/mol. The first kappa shape index (κ1) is 17.2. The topological polar surface area (TPSA) is 33.2 Å². The summed E-state index contributed by atoms with van der Waals surface area (Å²) in [5, 5.41) is 0.526. The minimum absolute atomic E-state index is 0.174. The van der Waals surface area contributed by atoms with Crippen LogP contribution in [-0.4, -0.2) is 29.8 Å². The first-order valence-electron chi connectivity index (χ1n) is 6.72. The van der Waals surface area contributed by atoms with Gasteiger partial charge in [0.1, 0.15) is 5.01 Å². The summed E-state index contributed by atoms with van der Waals surface area (Å²) in [4.78, 5) is 18.6. The van der Waals surface area contributed by atoms with E-state index in [1.807, 2.05) is 0 Å². The Morgan fingerprint density at radius 1 is 1.22 bits per heavy atom. The number of hydrogen-bond donors (Lipinski definition) is 0. The van der Waals surface area contributed by atoms with Gasteiger partial charge in [0.05, 0.1) is 16.1 Å². The Morgan fingerprint density at radius 3 is 2.35 bits per heavy atom. The van der Waals surface area contributed by atoms with Crippen molar-refractivity contribution in [3.63, 3.8) is 0 Å². The van der Waals surface area contributed by atoms with Gasteiger partial charge in [-0.05, 0) is 19.1 Å². The van der Waals surface area contributed by atoms with Gasteiger partial charge in [0.25, 0.3) is 0 Å². The quantitative estimate of drug-likeness (QED) is 0.611. The maximum atomic E-state index is 12.6. The van der Waals surface area contributed by atoms with Gasteiger partial charge in [-0.1, -0.05) is 12.1 Å². The molecule has 0 fully saturated rings. The molecule has 2 aromatic rings. The second kappa shape index (κ2) is 6.54. The summed E-state index contributed by atoms with van der Waals surface area (Å²) in [6.45, 7) is 1.71. The molecule has 0 bridgehead atoms. The van der Waals surface area contributed by atoms with Crippen molar-refractivity contribution in [2.45, 2.75) is 13.1 Å². The minimum atomic E-state index is -4.37. The van der Waals surface area contributed by atoms with E-state index in [2.05, 4.69) is 4.98 Å². The fourth-order valence-corrected chi connectivity index (χ4v) is 2.83. The molecule has 7 heteroatoms. The zero-order valence-electron chi connectivity index (χ0n) is 12.8.